The molecule has 1 heterocycles. The summed E-state index contributed by atoms with van der Waals surface area (Å²) >= 11 is 0. The van der Waals surface area contributed by atoms with Crippen molar-refractivity contribution in [2.24, 2.45) is 5.10 Å². The third-order valence-corrected chi connectivity index (χ3v) is 2.98. The molecule has 0 aromatic heterocycles. The second kappa shape index (κ2) is 6.65. The number of nitrogens with one attached hydrogen (secondary N) is 3. The third-order valence-electron chi connectivity index (χ3n) is 2.98. The number of hydrazone groups is 1. The number of hydrogen-bond acceptors (Lipinski definition) is 5. The Balaban J connectivity index is 2.08. The Labute approximate surface area is 129 Å². The summed E-state index contributed by atoms with van der Waals surface area (Å²) in [5.74, 6) is 0. The largest absolute Gasteiger partial charge is 0.418 e. The van der Waals surface area contributed by atoms with E-state index in [2.05, 4.69) is 21.3 Å². The fourth-order valence-electron chi connectivity index (χ4n) is 1.96. The van der Waals surface area contributed by atoms with Crippen molar-refractivity contribution in [2.45, 2.75) is 19.3 Å². The lowest BCUT2D eigenvalue weighted by molar-refractivity contribution is -0.136. The summed E-state index contributed by atoms with van der Waals surface area (Å²) in [7, 11) is 0. The smallest absolute Gasteiger partial charge is 0.306 e. The Hall–Kier alpha value is -2.62. The number of aldehydes is 1. The molecule has 1 aliphatic heterocycles. The first-order chi connectivity index (χ1) is 10.8. The number of hydrazine groups is 1. The van der Waals surface area contributed by atoms with Crippen LogP contribution in [0, 0.1) is 0 Å². The van der Waals surface area contributed by atoms with Gasteiger partial charge in [-0.2, -0.15) is 23.3 Å². The van der Waals surface area contributed by atoms with Gasteiger partial charge in [-0.1, -0.05) is 12.1 Å². The van der Waals surface area contributed by atoms with Gasteiger partial charge in [0, 0.05) is 0 Å². The van der Waals surface area contributed by atoms with E-state index in [4.69, 9.17) is 0 Å². The number of carbonyl (C=O) groups excluding carboxylic acids is 2. The molecular formula is C13H14F3N5O2. The van der Waals surface area contributed by atoms with Crippen molar-refractivity contribution in [3.8, 4) is 0 Å². The highest BCUT2D eigenvalue weighted by atomic mass is 19.4. The standard InChI is InChI=1S/C13H14F3N5O2/c1-8-6-21(11(7-22)19-18-8)20-12(23)17-10-5-3-2-4-9(10)13(14,15)16/h2-5,7,11,19H,6H2,1H3,(H2,17,20,23). The summed E-state index contributed by atoms with van der Waals surface area (Å²) in [6.45, 7) is 1.82. The second-order valence-corrected chi connectivity index (χ2v) is 4.79. The van der Waals surface area contributed by atoms with Crippen molar-refractivity contribution >= 4 is 23.7 Å². The van der Waals surface area contributed by atoms with Gasteiger partial charge in [-0.3, -0.25) is 15.6 Å². The van der Waals surface area contributed by atoms with Crippen LogP contribution in [0.4, 0.5) is 23.7 Å². The van der Waals surface area contributed by atoms with Gasteiger partial charge in [0.2, 0.25) is 0 Å². The molecular weight excluding hydrogens is 315 g/mol. The van der Waals surface area contributed by atoms with Crippen molar-refractivity contribution in [2.75, 3.05) is 11.9 Å². The van der Waals surface area contributed by atoms with Crippen LogP contribution >= 0.6 is 0 Å². The van der Waals surface area contributed by atoms with E-state index in [0.29, 0.717) is 12.0 Å². The molecule has 3 N–H and O–H groups in total. The minimum Gasteiger partial charge on any atom is -0.306 e. The van der Waals surface area contributed by atoms with Crippen LogP contribution in [0.5, 0.6) is 0 Å². The molecule has 0 fully saturated rings. The number of benzene rings is 1. The minimum absolute atomic E-state index is 0.157. The molecule has 23 heavy (non-hydrogen) atoms. The molecule has 0 aliphatic carbocycles. The molecule has 10 heteroatoms. The second-order valence-electron chi connectivity index (χ2n) is 4.79. The SMILES string of the molecule is CC1=NNC(C=O)N(NC(=O)Nc2ccccc2C(F)(F)F)C1. The van der Waals surface area contributed by atoms with Gasteiger partial charge in [-0.15, -0.1) is 0 Å². The maximum atomic E-state index is 12.9. The van der Waals surface area contributed by atoms with E-state index in [9.17, 15) is 22.8 Å². The highest BCUT2D eigenvalue weighted by Crippen LogP contribution is 2.34. The summed E-state index contributed by atoms with van der Waals surface area (Å²) in [5.41, 5.74) is 4.07. The Morgan fingerprint density at radius 1 is 1.43 bits per heavy atom. The number of hydrogen-bond donors (Lipinski definition) is 3. The van der Waals surface area contributed by atoms with Crippen molar-refractivity contribution < 1.29 is 22.8 Å². The van der Waals surface area contributed by atoms with Gasteiger partial charge in [-0.05, 0) is 19.1 Å². The number of urea groups is 1. The van der Waals surface area contributed by atoms with Gasteiger partial charge in [-0.25, -0.2) is 4.79 Å². The van der Waals surface area contributed by atoms with Crippen LogP contribution in [-0.2, 0) is 11.0 Å². The molecule has 1 aliphatic rings. The van der Waals surface area contributed by atoms with E-state index in [1.165, 1.54) is 17.1 Å². The van der Waals surface area contributed by atoms with Crippen molar-refractivity contribution in [3.05, 3.63) is 29.8 Å². The summed E-state index contributed by atoms with van der Waals surface area (Å²) < 4.78 is 38.6. The number of nitrogens with zero attached hydrogens (tertiary/aromatic N) is 2. The van der Waals surface area contributed by atoms with Crippen LogP contribution in [0.2, 0.25) is 0 Å². The van der Waals surface area contributed by atoms with E-state index in [1.54, 1.807) is 6.92 Å². The zero-order valence-corrected chi connectivity index (χ0v) is 12.0. The highest BCUT2D eigenvalue weighted by molar-refractivity contribution is 5.91. The first-order valence-corrected chi connectivity index (χ1v) is 6.55. The number of alkyl halides is 3. The lowest BCUT2D eigenvalue weighted by atomic mass is 10.1. The van der Waals surface area contributed by atoms with Gasteiger partial charge < -0.3 is 5.32 Å². The first kappa shape index (κ1) is 16.7. The quantitative estimate of drug-likeness (QED) is 0.735. The summed E-state index contributed by atoms with van der Waals surface area (Å²) in [6.07, 6.45) is -4.98. The molecule has 0 bridgehead atoms. The predicted octanol–water partition coefficient (Wildman–Crippen LogP) is 1.55. The Morgan fingerprint density at radius 2 is 2.13 bits per heavy atom. The molecule has 124 valence electrons. The number of rotatable bonds is 3. The molecule has 2 amide bonds. The van der Waals surface area contributed by atoms with Gasteiger partial charge in [0.25, 0.3) is 0 Å². The molecule has 1 aromatic rings. The zero-order valence-electron chi connectivity index (χ0n) is 12.0. The van der Waals surface area contributed by atoms with Gasteiger partial charge >= 0.3 is 12.2 Å². The Kier molecular flexibility index (Phi) is 4.84. The predicted molar refractivity (Wildman–Crippen MR) is 76.4 cm³/mol. The van der Waals surface area contributed by atoms with Crippen molar-refractivity contribution in [1.29, 1.82) is 0 Å². The topological polar surface area (TPSA) is 85.8 Å². The van der Waals surface area contributed by atoms with Crippen LogP contribution in [-0.4, -0.2) is 35.7 Å². The fraction of sp³-hybridized carbons (Fsp3) is 0.308. The molecule has 0 spiro atoms. The monoisotopic (exact) mass is 329 g/mol. The van der Waals surface area contributed by atoms with E-state index in [1.807, 2.05) is 0 Å². The van der Waals surface area contributed by atoms with Crippen LogP contribution in [0.15, 0.2) is 29.4 Å². The number of amides is 2. The maximum absolute atomic E-state index is 12.9. The minimum atomic E-state index is -4.59. The lowest BCUT2D eigenvalue weighted by Gasteiger charge is -2.31. The number of halogens is 3. The molecule has 0 saturated heterocycles. The molecule has 0 saturated carbocycles. The molecule has 7 nitrogen and oxygen atoms in total. The van der Waals surface area contributed by atoms with E-state index >= 15 is 0 Å². The molecule has 1 atom stereocenters. The number of carbonyl (C=O) groups is 2. The van der Waals surface area contributed by atoms with Gasteiger partial charge in [0.1, 0.15) is 0 Å². The van der Waals surface area contributed by atoms with Crippen LogP contribution in [0.3, 0.4) is 0 Å². The average molecular weight is 329 g/mol. The Morgan fingerprint density at radius 3 is 2.78 bits per heavy atom. The summed E-state index contributed by atoms with van der Waals surface area (Å²) in [4.78, 5) is 22.8. The highest BCUT2D eigenvalue weighted by Gasteiger charge is 2.34. The van der Waals surface area contributed by atoms with E-state index in [-0.39, 0.29) is 12.2 Å². The normalized spacial score (nSPS) is 18.6. The van der Waals surface area contributed by atoms with Crippen LogP contribution in [0.1, 0.15) is 12.5 Å². The molecule has 0 radical (unpaired) electrons. The lowest BCUT2D eigenvalue weighted by Crippen LogP contribution is -2.59. The Bertz CT molecular complexity index is 632. The number of anilines is 1. The molecule has 1 unspecified atom stereocenters. The zero-order chi connectivity index (χ0) is 17.0. The van der Waals surface area contributed by atoms with Crippen molar-refractivity contribution in [1.82, 2.24) is 15.9 Å². The van der Waals surface area contributed by atoms with E-state index < -0.39 is 23.9 Å². The summed E-state index contributed by atoms with van der Waals surface area (Å²) in [6, 6.07) is 3.70. The van der Waals surface area contributed by atoms with Crippen LogP contribution < -0.4 is 16.2 Å². The van der Waals surface area contributed by atoms with Crippen molar-refractivity contribution in [3.63, 3.8) is 0 Å². The molecule has 1 aromatic carbocycles. The van der Waals surface area contributed by atoms with Crippen LogP contribution in [0.25, 0.3) is 0 Å². The third kappa shape index (κ3) is 4.19. The van der Waals surface area contributed by atoms with Gasteiger partial charge in [0.05, 0.1) is 23.5 Å². The summed E-state index contributed by atoms with van der Waals surface area (Å²) in [5, 5.41) is 7.19. The average Bonchev–Trinajstić information content (AvgIpc) is 2.47. The van der Waals surface area contributed by atoms with Gasteiger partial charge in [0.15, 0.2) is 12.5 Å². The van der Waals surface area contributed by atoms with E-state index in [0.717, 1.165) is 12.1 Å². The maximum Gasteiger partial charge on any atom is 0.418 e. The number of para-hydroxylation sites is 1. The first-order valence-electron chi connectivity index (χ1n) is 6.55. The molecule has 2 rings (SSSR count). The fourth-order valence-corrected chi connectivity index (χ4v) is 1.96.